The zero-order chi connectivity index (χ0) is 15.4. The smallest absolute Gasteiger partial charge is 0.182 e. The van der Waals surface area contributed by atoms with Gasteiger partial charge in [0.2, 0.25) is 0 Å². The van der Waals surface area contributed by atoms with Crippen LogP contribution in [0.5, 0.6) is 0 Å². The highest BCUT2D eigenvalue weighted by Gasteiger charge is 2.16. The number of rotatable bonds is 6. The molecular weight excluding hydrogens is 262 g/mol. The number of nitrogens with zero attached hydrogens (tertiary/aromatic N) is 4. The van der Waals surface area contributed by atoms with E-state index in [-0.39, 0.29) is 0 Å². The van der Waals surface area contributed by atoms with E-state index in [2.05, 4.69) is 42.4 Å². The quantitative estimate of drug-likeness (QED) is 0.650. The molecule has 0 amide bonds. The van der Waals surface area contributed by atoms with Crippen LogP contribution >= 0.6 is 0 Å². The normalized spacial score (nSPS) is 12.6. The molecule has 1 heterocycles. The number of aryl methyl sites for hydroxylation is 2. The molecule has 0 bridgehead atoms. The number of benzene rings is 1. The van der Waals surface area contributed by atoms with Gasteiger partial charge in [0, 0.05) is 11.3 Å². The first-order valence-corrected chi connectivity index (χ1v) is 7.69. The number of hydrogen-bond acceptors (Lipinski definition) is 4. The van der Waals surface area contributed by atoms with Crippen LogP contribution in [0.1, 0.15) is 56.7 Å². The summed E-state index contributed by atoms with van der Waals surface area (Å²) in [7, 11) is 0. The Morgan fingerprint density at radius 1 is 1.19 bits per heavy atom. The fourth-order valence-electron chi connectivity index (χ4n) is 2.59. The van der Waals surface area contributed by atoms with E-state index in [1.807, 2.05) is 17.7 Å². The van der Waals surface area contributed by atoms with Gasteiger partial charge in [-0.1, -0.05) is 32.3 Å². The molecular formula is C16H25N5. The highest BCUT2D eigenvalue weighted by Crippen LogP contribution is 2.28. The molecule has 5 nitrogen and oxygen atoms in total. The Balaban J connectivity index is 2.30. The summed E-state index contributed by atoms with van der Waals surface area (Å²) in [6, 6.07) is 4.36. The number of tetrazole rings is 1. The van der Waals surface area contributed by atoms with Gasteiger partial charge in [0.1, 0.15) is 0 Å². The third kappa shape index (κ3) is 3.40. The molecule has 5 heteroatoms. The first-order valence-electron chi connectivity index (χ1n) is 7.69. The SMILES string of the molecule is CCCCCC(C)n1nnnc1-c1cc(N)c(C)cc1C. The number of nitrogen functional groups attached to an aromatic ring is 1. The van der Waals surface area contributed by atoms with Crippen molar-refractivity contribution >= 4 is 5.69 Å². The summed E-state index contributed by atoms with van der Waals surface area (Å²) < 4.78 is 1.92. The Kier molecular flexibility index (Phi) is 4.94. The van der Waals surface area contributed by atoms with Crippen LogP contribution in [0.15, 0.2) is 12.1 Å². The minimum atomic E-state index is 0.295. The van der Waals surface area contributed by atoms with Crippen LogP contribution in [0.25, 0.3) is 11.4 Å². The first kappa shape index (κ1) is 15.5. The van der Waals surface area contributed by atoms with Gasteiger partial charge in [-0.25, -0.2) is 4.68 Å². The van der Waals surface area contributed by atoms with Crippen molar-refractivity contribution in [2.45, 2.75) is 59.4 Å². The van der Waals surface area contributed by atoms with Gasteiger partial charge in [0.25, 0.3) is 0 Å². The van der Waals surface area contributed by atoms with Crippen LogP contribution in [0.2, 0.25) is 0 Å². The van der Waals surface area contributed by atoms with Crippen molar-refractivity contribution < 1.29 is 0 Å². The largest absolute Gasteiger partial charge is 0.398 e. The maximum Gasteiger partial charge on any atom is 0.182 e. The molecule has 2 aromatic rings. The van der Waals surface area contributed by atoms with Crippen molar-refractivity contribution in [3.8, 4) is 11.4 Å². The number of unbranched alkanes of at least 4 members (excludes halogenated alkanes) is 2. The monoisotopic (exact) mass is 287 g/mol. The summed E-state index contributed by atoms with van der Waals surface area (Å²) in [6.45, 7) is 8.47. The predicted octanol–water partition coefficient (Wildman–Crippen LogP) is 3.68. The van der Waals surface area contributed by atoms with E-state index in [4.69, 9.17) is 5.73 Å². The van der Waals surface area contributed by atoms with Crippen LogP contribution in [-0.2, 0) is 0 Å². The van der Waals surface area contributed by atoms with Crippen LogP contribution in [-0.4, -0.2) is 20.2 Å². The molecule has 0 aliphatic heterocycles. The Bertz CT molecular complexity index is 603. The Morgan fingerprint density at radius 3 is 2.67 bits per heavy atom. The molecule has 2 rings (SSSR count). The molecule has 0 aliphatic rings. The molecule has 1 aromatic heterocycles. The lowest BCUT2D eigenvalue weighted by molar-refractivity contribution is 0.432. The second kappa shape index (κ2) is 6.70. The summed E-state index contributed by atoms with van der Waals surface area (Å²) in [6.07, 6.45) is 4.76. The first-order chi connectivity index (χ1) is 10.0. The van der Waals surface area contributed by atoms with E-state index < -0.39 is 0 Å². The number of aromatic nitrogens is 4. The average molecular weight is 287 g/mol. The molecule has 114 valence electrons. The molecule has 0 saturated heterocycles. The minimum Gasteiger partial charge on any atom is -0.398 e. The highest BCUT2D eigenvalue weighted by atomic mass is 15.5. The zero-order valence-corrected chi connectivity index (χ0v) is 13.4. The molecule has 1 aromatic carbocycles. The Morgan fingerprint density at radius 2 is 1.95 bits per heavy atom. The zero-order valence-electron chi connectivity index (χ0n) is 13.4. The van der Waals surface area contributed by atoms with Crippen LogP contribution in [0.4, 0.5) is 5.69 Å². The van der Waals surface area contributed by atoms with Crippen molar-refractivity contribution in [3.05, 3.63) is 23.3 Å². The van der Waals surface area contributed by atoms with E-state index >= 15 is 0 Å². The van der Waals surface area contributed by atoms with Crippen molar-refractivity contribution in [1.82, 2.24) is 20.2 Å². The van der Waals surface area contributed by atoms with E-state index in [1.54, 1.807) is 0 Å². The van der Waals surface area contributed by atoms with Gasteiger partial charge in [0.15, 0.2) is 5.82 Å². The maximum absolute atomic E-state index is 6.04. The lowest BCUT2D eigenvalue weighted by Crippen LogP contribution is -2.10. The van der Waals surface area contributed by atoms with Crippen molar-refractivity contribution in [2.24, 2.45) is 0 Å². The van der Waals surface area contributed by atoms with Crippen molar-refractivity contribution in [3.63, 3.8) is 0 Å². The van der Waals surface area contributed by atoms with Crippen LogP contribution in [0.3, 0.4) is 0 Å². The topological polar surface area (TPSA) is 69.6 Å². The molecule has 1 unspecified atom stereocenters. The lowest BCUT2D eigenvalue weighted by atomic mass is 10.0. The molecule has 0 fully saturated rings. The average Bonchev–Trinajstić information content (AvgIpc) is 2.92. The van der Waals surface area contributed by atoms with E-state index in [0.29, 0.717) is 6.04 Å². The van der Waals surface area contributed by atoms with Gasteiger partial charge >= 0.3 is 0 Å². The predicted molar refractivity (Wildman–Crippen MR) is 86.0 cm³/mol. The fraction of sp³-hybridized carbons (Fsp3) is 0.562. The van der Waals surface area contributed by atoms with Crippen LogP contribution in [0, 0.1) is 13.8 Å². The van der Waals surface area contributed by atoms with E-state index in [9.17, 15) is 0 Å². The fourth-order valence-corrected chi connectivity index (χ4v) is 2.59. The van der Waals surface area contributed by atoms with E-state index in [1.165, 1.54) is 19.3 Å². The van der Waals surface area contributed by atoms with Gasteiger partial charge in [-0.15, -0.1) is 5.10 Å². The number of hydrogen-bond donors (Lipinski definition) is 1. The second-order valence-corrected chi connectivity index (χ2v) is 5.82. The third-order valence-electron chi connectivity index (χ3n) is 3.99. The highest BCUT2D eigenvalue weighted by molar-refractivity contribution is 5.67. The Labute approximate surface area is 126 Å². The standard InChI is InChI=1S/C16H25N5/c1-5-6-7-8-13(4)21-16(18-19-20-21)14-10-15(17)12(3)9-11(14)2/h9-10,13H,5-8,17H2,1-4H3. The molecule has 2 N–H and O–H groups in total. The van der Waals surface area contributed by atoms with Gasteiger partial charge in [0.05, 0.1) is 6.04 Å². The summed E-state index contributed by atoms with van der Waals surface area (Å²) in [5.41, 5.74) is 10.1. The summed E-state index contributed by atoms with van der Waals surface area (Å²) >= 11 is 0. The van der Waals surface area contributed by atoms with Crippen molar-refractivity contribution in [2.75, 3.05) is 5.73 Å². The summed E-state index contributed by atoms with van der Waals surface area (Å²) in [5.74, 6) is 0.809. The van der Waals surface area contributed by atoms with Gasteiger partial charge in [-0.2, -0.15) is 0 Å². The van der Waals surface area contributed by atoms with Crippen molar-refractivity contribution in [1.29, 1.82) is 0 Å². The summed E-state index contributed by atoms with van der Waals surface area (Å²) in [5, 5.41) is 12.3. The number of nitrogens with two attached hydrogens (primary N) is 1. The molecule has 0 aliphatic carbocycles. The lowest BCUT2D eigenvalue weighted by Gasteiger charge is -2.15. The molecule has 1 atom stereocenters. The van der Waals surface area contributed by atoms with Gasteiger partial charge < -0.3 is 5.73 Å². The van der Waals surface area contributed by atoms with Gasteiger partial charge in [-0.05, 0) is 54.8 Å². The summed E-state index contributed by atoms with van der Waals surface area (Å²) in [4.78, 5) is 0. The number of anilines is 1. The minimum absolute atomic E-state index is 0.295. The molecule has 0 saturated carbocycles. The maximum atomic E-state index is 6.04. The Hall–Kier alpha value is -1.91. The van der Waals surface area contributed by atoms with E-state index in [0.717, 1.165) is 34.6 Å². The second-order valence-electron chi connectivity index (χ2n) is 5.82. The molecule has 0 spiro atoms. The van der Waals surface area contributed by atoms with Crippen LogP contribution < -0.4 is 5.73 Å². The molecule has 0 radical (unpaired) electrons. The molecule has 21 heavy (non-hydrogen) atoms. The third-order valence-corrected chi connectivity index (χ3v) is 3.99. The van der Waals surface area contributed by atoms with Gasteiger partial charge in [-0.3, -0.25) is 0 Å².